The largest absolute Gasteiger partial charge is 0.497 e. The van der Waals surface area contributed by atoms with E-state index in [1.807, 2.05) is 30.3 Å². The van der Waals surface area contributed by atoms with Gasteiger partial charge in [0, 0.05) is 30.7 Å². The topological polar surface area (TPSA) is 41.5 Å². The minimum Gasteiger partial charge on any atom is -0.497 e. The number of piperazine rings is 1. The van der Waals surface area contributed by atoms with Gasteiger partial charge in [-0.2, -0.15) is 0 Å². The van der Waals surface area contributed by atoms with Crippen LogP contribution in [0.5, 0.6) is 5.75 Å². The quantitative estimate of drug-likeness (QED) is 0.769. The number of rotatable bonds is 2. The van der Waals surface area contributed by atoms with Gasteiger partial charge in [0.25, 0.3) is 0 Å². The summed E-state index contributed by atoms with van der Waals surface area (Å²) < 4.78 is 5.17. The summed E-state index contributed by atoms with van der Waals surface area (Å²) in [6.45, 7) is 2.08. The van der Waals surface area contributed by atoms with Gasteiger partial charge in [-0.25, -0.2) is 0 Å². The predicted octanol–water partition coefficient (Wildman–Crippen LogP) is 2.95. The smallest absolute Gasteiger partial charge is 0.151 e. The molecule has 0 N–H and O–H groups in total. The molecule has 2 atom stereocenters. The lowest BCUT2D eigenvalue weighted by Gasteiger charge is -2.44. The summed E-state index contributed by atoms with van der Waals surface area (Å²) in [7, 11) is 3.94. The average molecular weight is 362 g/mol. The predicted molar refractivity (Wildman–Crippen MR) is 107 cm³/mol. The Balaban J connectivity index is 1.45. The fraction of sp³-hybridized carbons (Fsp3) is 0.455. The average Bonchev–Trinajstić information content (AvgIpc) is 2.81. The molecule has 2 aliphatic heterocycles. The Morgan fingerprint density at radius 2 is 1.63 bits per heavy atom. The fourth-order valence-corrected chi connectivity index (χ4v) is 4.05. The van der Waals surface area contributed by atoms with Gasteiger partial charge < -0.3 is 9.64 Å². The molecule has 5 nitrogen and oxygen atoms in total. The number of hydrogen-bond donors (Lipinski definition) is 0. The Hall–Kier alpha value is -2.58. The molecule has 2 unspecified atom stereocenters. The van der Waals surface area contributed by atoms with Crippen molar-refractivity contribution >= 4 is 5.82 Å². The lowest BCUT2D eigenvalue weighted by Crippen LogP contribution is -2.56. The van der Waals surface area contributed by atoms with E-state index in [0.29, 0.717) is 17.8 Å². The Labute approximate surface area is 161 Å². The number of aromatic nitrogens is 2. The van der Waals surface area contributed by atoms with Crippen LogP contribution in [0.2, 0.25) is 0 Å². The van der Waals surface area contributed by atoms with Gasteiger partial charge in [-0.15, -0.1) is 10.2 Å². The van der Waals surface area contributed by atoms with Gasteiger partial charge in [-0.1, -0.05) is 18.8 Å². The second-order valence-electron chi connectivity index (χ2n) is 7.42. The van der Waals surface area contributed by atoms with E-state index < -0.39 is 0 Å². The zero-order chi connectivity index (χ0) is 18.6. The molecule has 2 fully saturated rings. The van der Waals surface area contributed by atoms with E-state index in [-0.39, 0.29) is 0 Å². The molecule has 5 heteroatoms. The van der Waals surface area contributed by atoms with Gasteiger partial charge >= 0.3 is 0 Å². The number of fused-ring (bicyclic) bond motifs is 2. The Morgan fingerprint density at radius 3 is 2.22 bits per heavy atom. The third kappa shape index (κ3) is 4.06. The van der Waals surface area contributed by atoms with E-state index in [1.54, 1.807) is 7.11 Å². The first-order valence-electron chi connectivity index (χ1n) is 9.69. The summed E-state index contributed by atoms with van der Waals surface area (Å²) in [5.41, 5.74) is 1.63. The normalized spacial score (nSPS) is 22.5. The molecule has 2 bridgehead atoms. The summed E-state index contributed by atoms with van der Waals surface area (Å²) in [5, 5.41) is 8.80. The Kier molecular flexibility index (Phi) is 5.26. The highest BCUT2D eigenvalue weighted by atomic mass is 16.5. The molecule has 3 heterocycles. The third-order valence-corrected chi connectivity index (χ3v) is 5.74. The molecule has 2 saturated heterocycles. The first-order valence-corrected chi connectivity index (χ1v) is 9.69. The summed E-state index contributed by atoms with van der Waals surface area (Å²) >= 11 is 0. The molecule has 1 aromatic carbocycles. The van der Waals surface area contributed by atoms with Crippen LogP contribution in [-0.4, -0.2) is 54.4 Å². The monoisotopic (exact) mass is 362 g/mol. The van der Waals surface area contributed by atoms with Crippen LogP contribution in [0.4, 0.5) is 5.82 Å². The molecule has 140 valence electrons. The maximum Gasteiger partial charge on any atom is 0.151 e. The van der Waals surface area contributed by atoms with Gasteiger partial charge in [0.05, 0.1) is 7.11 Å². The second-order valence-corrected chi connectivity index (χ2v) is 7.42. The van der Waals surface area contributed by atoms with E-state index in [4.69, 9.17) is 4.74 Å². The van der Waals surface area contributed by atoms with E-state index in [9.17, 15) is 0 Å². The standard InChI is InChI=1S/C22H26N4O/c1-25-19-5-3-4-6-20(25)16-26(15-19)22-14-11-18(23-24-22)10-7-17-8-12-21(27-2)13-9-17/h8-9,11-14,19-20H,3-6,15-16H2,1-2H3. The molecule has 0 radical (unpaired) electrons. The molecular formula is C22H26N4O. The number of hydrogen-bond acceptors (Lipinski definition) is 5. The molecule has 0 spiro atoms. The lowest BCUT2D eigenvalue weighted by molar-refractivity contribution is 0.149. The molecule has 4 rings (SSSR count). The van der Waals surface area contributed by atoms with Crippen LogP contribution in [0.3, 0.4) is 0 Å². The second kappa shape index (κ2) is 7.98. The maximum atomic E-state index is 5.17. The van der Waals surface area contributed by atoms with E-state index in [1.165, 1.54) is 25.7 Å². The van der Waals surface area contributed by atoms with Crippen LogP contribution in [0.15, 0.2) is 36.4 Å². The van der Waals surface area contributed by atoms with Crippen molar-refractivity contribution in [3.63, 3.8) is 0 Å². The lowest BCUT2D eigenvalue weighted by atomic mass is 10.1. The first-order chi connectivity index (χ1) is 13.2. The molecule has 0 saturated carbocycles. The number of ether oxygens (including phenoxy) is 1. The van der Waals surface area contributed by atoms with Crippen molar-refractivity contribution in [3.8, 4) is 17.6 Å². The number of nitrogens with zero attached hydrogens (tertiary/aromatic N) is 4. The fourth-order valence-electron chi connectivity index (χ4n) is 4.05. The SMILES string of the molecule is COc1ccc(C#Cc2ccc(N3CC4CCCCC(C3)N4C)nn2)cc1. The highest BCUT2D eigenvalue weighted by Crippen LogP contribution is 2.28. The van der Waals surface area contributed by atoms with E-state index in [0.717, 1.165) is 30.2 Å². The summed E-state index contributed by atoms with van der Waals surface area (Å²) in [6.07, 6.45) is 5.24. The van der Waals surface area contributed by atoms with Gasteiger partial charge in [0.2, 0.25) is 0 Å². The Bertz CT molecular complexity index is 806. The highest BCUT2D eigenvalue weighted by Gasteiger charge is 2.33. The molecule has 0 aliphatic carbocycles. The van der Waals surface area contributed by atoms with Gasteiger partial charge in [-0.3, -0.25) is 4.90 Å². The zero-order valence-electron chi connectivity index (χ0n) is 16.1. The third-order valence-electron chi connectivity index (χ3n) is 5.74. The van der Waals surface area contributed by atoms with Crippen molar-refractivity contribution in [1.29, 1.82) is 0 Å². The molecule has 2 aliphatic rings. The van der Waals surface area contributed by atoms with Crippen LogP contribution < -0.4 is 9.64 Å². The van der Waals surface area contributed by atoms with Gasteiger partial charge in [0.15, 0.2) is 5.82 Å². The molecule has 0 amide bonds. The van der Waals surface area contributed by atoms with Crippen LogP contribution in [0.1, 0.15) is 36.9 Å². The minimum absolute atomic E-state index is 0.627. The van der Waals surface area contributed by atoms with Crippen molar-refractivity contribution < 1.29 is 4.74 Å². The molecular weight excluding hydrogens is 336 g/mol. The van der Waals surface area contributed by atoms with Crippen LogP contribution in [0.25, 0.3) is 0 Å². The number of likely N-dealkylation sites (N-methyl/N-ethyl adjacent to an activating group) is 1. The first kappa shape index (κ1) is 17.8. The zero-order valence-corrected chi connectivity index (χ0v) is 16.1. The van der Waals surface area contributed by atoms with Crippen molar-refractivity contribution in [2.45, 2.75) is 37.8 Å². The minimum atomic E-state index is 0.627. The summed E-state index contributed by atoms with van der Waals surface area (Å²) in [5.74, 6) is 8.02. The van der Waals surface area contributed by atoms with E-state index in [2.05, 4.69) is 45.0 Å². The van der Waals surface area contributed by atoms with Gasteiger partial charge in [0.1, 0.15) is 11.4 Å². The van der Waals surface area contributed by atoms with Crippen LogP contribution in [-0.2, 0) is 0 Å². The summed E-state index contributed by atoms with van der Waals surface area (Å²) in [6, 6.07) is 13.0. The van der Waals surface area contributed by atoms with Crippen LogP contribution in [0, 0.1) is 11.8 Å². The number of benzene rings is 1. The van der Waals surface area contributed by atoms with E-state index >= 15 is 0 Å². The van der Waals surface area contributed by atoms with Crippen molar-refractivity contribution in [2.24, 2.45) is 0 Å². The highest BCUT2D eigenvalue weighted by molar-refractivity contribution is 5.45. The molecule has 27 heavy (non-hydrogen) atoms. The Morgan fingerprint density at radius 1 is 0.926 bits per heavy atom. The number of methoxy groups -OCH3 is 1. The van der Waals surface area contributed by atoms with Crippen LogP contribution >= 0.6 is 0 Å². The van der Waals surface area contributed by atoms with Gasteiger partial charge in [-0.05, 0) is 62.2 Å². The summed E-state index contributed by atoms with van der Waals surface area (Å²) in [4.78, 5) is 4.97. The van der Waals surface area contributed by atoms with Crippen molar-refractivity contribution in [3.05, 3.63) is 47.7 Å². The van der Waals surface area contributed by atoms with Crippen molar-refractivity contribution in [2.75, 3.05) is 32.1 Å². The van der Waals surface area contributed by atoms with Crippen molar-refractivity contribution in [1.82, 2.24) is 15.1 Å². The molecule has 1 aromatic heterocycles. The maximum absolute atomic E-state index is 5.17. The number of anilines is 1. The molecule has 2 aromatic rings.